The van der Waals surface area contributed by atoms with Gasteiger partial charge in [0.1, 0.15) is 5.75 Å². The highest BCUT2D eigenvalue weighted by Crippen LogP contribution is 2.41. The first-order valence-corrected chi connectivity index (χ1v) is 11.4. The molecule has 1 aromatic rings. The van der Waals surface area contributed by atoms with Crippen LogP contribution in [-0.2, 0) is 17.3 Å². The zero-order valence-electron chi connectivity index (χ0n) is 19.4. The number of unbranched alkanes of at least 4 members (excludes halogenated alkanes) is 9. The van der Waals surface area contributed by atoms with Crippen molar-refractivity contribution in [3.8, 4) is 5.75 Å². The van der Waals surface area contributed by atoms with Gasteiger partial charge in [0.05, 0.1) is 0 Å². The van der Waals surface area contributed by atoms with Crippen molar-refractivity contribution in [1.29, 1.82) is 0 Å². The summed E-state index contributed by atoms with van der Waals surface area (Å²) in [4.78, 5) is 0. The fourth-order valence-corrected chi connectivity index (χ4v) is 4.09. The molecule has 0 heterocycles. The van der Waals surface area contributed by atoms with E-state index in [2.05, 4.69) is 60.6 Å². The minimum Gasteiger partial charge on any atom is -0.507 e. The lowest BCUT2D eigenvalue weighted by molar-refractivity contribution is 0.420. The third-order valence-corrected chi connectivity index (χ3v) is 5.62. The maximum Gasteiger partial charge on any atom is 0.123 e. The van der Waals surface area contributed by atoms with Crippen molar-refractivity contribution in [3.63, 3.8) is 0 Å². The normalized spacial score (nSPS) is 12.6. The van der Waals surface area contributed by atoms with Crippen LogP contribution in [0.1, 0.15) is 129 Å². The number of hydrogen-bond donors (Lipinski definition) is 1. The van der Waals surface area contributed by atoms with Crippen molar-refractivity contribution >= 4 is 0 Å². The SMILES string of the molecule is CCCCCCCCCCCCc1ccc(C(C)(C)C)c(O)c1C(C)(C)C. The van der Waals surface area contributed by atoms with E-state index in [4.69, 9.17) is 0 Å². The van der Waals surface area contributed by atoms with Crippen LogP contribution in [-0.4, -0.2) is 5.11 Å². The van der Waals surface area contributed by atoms with Gasteiger partial charge in [-0.3, -0.25) is 0 Å². The molecule has 0 spiro atoms. The second-order valence-electron chi connectivity index (χ2n) is 10.4. The number of rotatable bonds is 11. The van der Waals surface area contributed by atoms with Gasteiger partial charge in [0.15, 0.2) is 0 Å². The predicted molar refractivity (Wildman–Crippen MR) is 121 cm³/mol. The molecule has 156 valence electrons. The van der Waals surface area contributed by atoms with Crippen LogP contribution in [0, 0.1) is 0 Å². The van der Waals surface area contributed by atoms with E-state index in [1.54, 1.807) is 0 Å². The average Bonchev–Trinajstić information content (AvgIpc) is 2.54. The maximum absolute atomic E-state index is 11.0. The predicted octanol–water partition coefficient (Wildman–Crippen LogP) is 8.45. The molecule has 1 rings (SSSR count). The molecule has 0 fully saturated rings. The molecule has 1 aromatic carbocycles. The van der Waals surface area contributed by atoms with Gasteiger partial charge in [0, 0.05) is 5.56 Å². The molecule has 0 unspecified atom stereocenters. The molecule has 27 heavy (non-hydrogen) atoms. The summed E-state index contributed by atoms with van der Waals surface area (Å²) in [6.07, 6.45) is 14.7. The second-order valence-corrected chi connectivity index (χ2v) is 10.4. The van der Waals surface area contributed by atoms with E-state index in [1.807, 2.05) is 0 Å². The molecule has 0 aliphatic carbocycles. The zero-order valence-corrected chi connectivity index (χ0v) is 19.4. The molecule has 0 atom stereocenters. The Balaban J connectivity index is 2.55. The second kappa shape index (κ2) is 11.1. The highest BCUT2D eigenvalue weighted by Gasteiger charge is 2.27. The van der Waals surface area contributed by atoms with Crippen LogP contribution in [0.2, 0.25) is 0 Å². The standard InChI is InChI=1S/C26H46O/c1-8-9-10-11-12-13-14-15-16-17-18-21-19-20-22(25(2,3)4)24(27)23(21)26(5,6)7/h19-20,27H,8-18H2,1-7H3. The van der Waals surface area contributed by atoms with Crippen LogP contribution in [0.4, 0.5) is 0 Å². The first kappa shape index (κ1) is 24.1. The molecule has 1 N–H and O–H groups in total. The Morgan fingerprint density at radius 1 is 0.667 bits per heavy atom. The zero-order chi connectivity index (χ0) is 20.5. The summed E-state index contributed by atoms with van der Waals surface area (Å²) in [5.41, 5.74) is 3.51. The fraction of sp³-hybridized carbons (Fsp3) is 0.769. The molecule has 1 heteroatoms. The average molecular weight is 375 g/mol. The number of phenolic OH excluding ortho intramolecular Hbond substituents is 1. The highest BCUT2D eigenvalue weighted by molar-refractivity contribution is 5.51. The summed E-state index contributed by atoms with van der Waals surface area (Å²) in [5, 5.41) is 11.0. The van der Waals surface area contributed by atoms with E-state index in [0.717, 1.165) is 17.5 Å². The number of phenols is 1. The number of benzene rings is 1. The van der Waals surface area contributed by atoms with Crippen LogP contribution in [0.15, 0.2) is 12.1 Å². The summed E-state index contributed by atoms with van der Waals surface area (Å²) >= 11 is 0. The van der Waals surface area contributed by atoms with Crippen LogP contribution in [0.25, 0.3) is 0 Å². The van der Waals surface area contributed by atoms with Gasteiger partial charge in [-0.15, -0.1) is 0 Å². The Morgan fingerprint density at radius 2 is 1.15 bits per heavy atom. The number of aromatic hydroxyl groups is 1. The van der Waals surface area contributed by atoms with Crippen LogP contribution >= 0.6 is 0 Å². The summed E-state index contributed by atoms with van der Waals surface area (Å²) in [6.45, 7) is 15.5. The third kappa shape index (κ3) is 8.28. The van der Waals surface area contributed by atoms with Gasteiger partial charge in [-0.25, -0.2) is 0 Å². The van der Waals surface area contributed by atoms with Gasteiger partial charge in [-0.2, -0.15) is 0 Å². The van der Waals surface area contributed by atoms with Gasteiger partial charge in [0.25, 0.3) is 0 Å². The van der Waals surface area contributed by atoms with Gasteiger partial charge >= 0.3 is 0 Å². The molecule has 0 amide bonds. The van der Waals surface area contributed by atoms with Crippen molar-refractivity contribution in [1.82, 2.24) is 0 Å². The lowest BCUT2D eigenvalue weighted by atomic mass is 9.76. The Kier molecular flexibility index (Phi) is 9.91. The molecule has 0 aliphatic rings. The van der Waals surface area contributed by atoms with Crippen molar-refractivity contribution in [2.45, 2.75) is 130 Å². The first-order chi connectivity index (χ1) is 12.6. The monoisotopic (exact) mass is 374 g/mol. The van der Waals surface area contributed by atoms with Crippen LogP contribution in [0.3, 0.4) is 0 Å². The molecule has 0 bridgehead atoms. The molecule has 0 aliphatic heterocycles. The van der Waals surface area contributed by atoms with Crippen LogP contribution in [0.5, 0.6) is 5.75 Å². The molecule has 0 aromatic heterocycles. The smallest absolute Gasteiger partial charge is 0.123 e. The maximum atomic E-state index is 11.0. The van der Waals surface area contributed by atoms with E-state index in [1.165, 1.54) is 69.8 Å². The van der Waals surface area contributed by atoms with Crippen LogP contribution < -0.4 is 0 Å². The van der Waals surface area contributed by atoms with E-state index < -0.39 is 0 Å². The third-order valence-electron chi connectivity index (χ3n) is 5.62. The van der Waals surface area contributed by atoms with E-state index >= 15 is 0 Å². The van der Waals surface area contributed by atoms with Gasteiger partial charge in [0.2, 0.25) is 0 Å². The van der Waals surface area contributed by atoms with Crippen molar-refractivity contribution in [3.05, 3.63) is 28.8 Å². The summed E-state index contributed by atoms with van der Waals surface area (Å²) in [7, 11) is 0. The minimum absolute atomic E-state index is 0.0280. The summed E-state index contributed by atoms with van der Waals surface area (Å²) in [5.74, 6) is 0.527. The molecule has 0 saturated heterocycles. The Hall–Kier alpha value is -0.980. The van der Waals surface area contributed by atoms with Crippen molar-refractivity contribution < 1.29 is 5.11 Å². The van der Waals surface area contributed by atoms with E-state index in [9.17, 15) is 5.11 Å². The quantitative estimate of drug-likeness (QED) is 0.385. The fourth-order valence-electron chi connectivity index (χ4n) is 4.09. The Bertz CT molecular complexity index is 543. The van der Waals surface area contributed by atoms with E-state index in [0.29, 0.717) is 5.75 Å². The lowest BCUT2D eigenvalue weighted by Gasteiger charge is -2.29. The minimum atomic E-state index is -0.0286. The Morgan fingerprint density at radius 3 is 1.59 bits per heavy atom. The number of aryl methyl sites for hydroxylation is 1. The summed E-state index contributed by atoms with van der Waals surface area (Å²) < 4.78 is 0. The van der Waals surface area contributed by atoms with Crippen molar-refractivity contribution in [2.75, 3.05) is 0 Å². The van der Waals surface area contributed by atoms with Gasteiger partial charge < -0.3 is 5.11 Å². The number of hydrogen-bond acceptors (Lipinski definition) is 1. The lowest BCUT2D eigenvalue weighted by Crippen LogP contribution is -2.19. The van der Waals surface area contributed by atoms with E-state index in [-0.39, 0.29) is 10.8 Å². The first-order valence-electron chi connectivity index (χ1n) is 11.4. The molecular weight excluding hydrogens is 328 g/mol. The largest absolute Gasteiger partial charge is 0.507 e. The molecular formula is C26H46O. The Labute approximate surface area is 170 Å². The van der Waals surface area contributed by atoms with Crippen molar-refractivity contribution in [2.24, 2.45) is 0 Å². The molecule has 1 nitrogen and oxygen atoms in total. The molecule has 0 saturated carbocycles. The van der Waals surface area contributed by atoms with Gasteiger partial charge in [-0.1, -0.05) is 118 Å². The summed E-state index contributed by atoms with van der Waals surface area (Å²) in [6, 6.07) is 4.42. The highest BCUT2D eigenvalue weighted by atomic mass is 16.3. The molecule has 0 radical (unpaired) electrons. The van der Waals surface area contributed by atoms with Gasteiger partial charge in [-0.05, 0) is 34.8 Å². The topological polar surface area (TPSA) is 20.2 Å².